The molecule has 9 aromatic carbocycles. The van der Waals surface area contributed by atoms with E-state index in [0.29, 0.717) is 5.82 Å². The first-order valence-corrected chi connectivity index (χ1v) is 21.1. The molecule has 0 aliphatic heterocycles. The summed E-state index contributed by atoms with van der Waals surface area (Å²) in [5.74, 6) is 0.711. The number of para-hydroxylation sites is 3. The predicted molar refractivity (Wildman–Crippen MR) is 258 cm³/mol. The van der Waals surface area contributed by atoms with Crippen LogP contribution in [0.3, 0.4) is 0 Å². The third kappa shape index (κ3) is 6.08. The van der Waals surface area contributed by atoms with E-state index in [4.69, 9.17) is 9.97 Å². The Kier molecular flexibility index (Phi) is 8.46. The van der Waals surface area contributed by atoms with Crippen molar-refractivity contribution in [3.05, 3.63) is 231 Å². The molecule has 0 bridgehead atoms. The molecule has 290 valence electrons. The molecule has 0 aliphatic rings. The van der Waals surface area contributed by atoms with Crippen LogP contribution in [0.2, 0.25) is 0 Å². The van der Waals surface area contributed by atoms with Crippen molar-refractivity contribution in [1.29, 1.82) is 0 Å². The molecule has 0 fully saturated rings. The molecule has 0 spiro atoms. The lowest BCUT2D eigenvalue weighted by molar-refractivity contribution is 1.17. The lowest BCUT2D eigenvalue weighted by Gasteiger charge is -2.12. The van der Waals surface area contributed by atoms with Crippen molar-refractivity contribution < 1.29 is 0 Å². The molecular weight excluding hydrogens is 753 g/mol. The minimum Gasteiger partial charge on any atom is -0.309 e. The number of fused-ring (bicyclic) bond motifs is 6. The summed E-state index contributed by atoms with van der Waals surface area (Å²) in [6, 6.07) is 82.2. The lowest BCUT2D eigenvalue weighted by atomic mass is 9.97. The van der Waals surface area contributed by atoms with Gasteiger partial charge in [0.2, 0.25) is 0 Å². The molecule has 62 heavy (non-hydrogen) atoms. The van der Waals surface area contributed by atoms with Gasteiger partial charge in [-0.1, -0.05) is 164 Å². The van der Waals surface area contributed by atoms with E-state index < -0.39 is 0 Å². The Morgan fingerprint density at radius 1 is 0.242 bits per heavy atom. The van der Waals surface area contributed by atoms with Crippen LogP contribution in [0.1, 0.15) is 0 Å². The molecule has 0 radical (unpaired) electrons. The average molecular weight is 791 g/mol. The molecule has 0 saturated carbocycles. The summed E-state index contributed by atoms with van der Waals surface area (Å²) in [6.07, 6.45) is 0. The smallest absolute Gasteiger partial charge is 0.160 e. The van der Waals surface area contributed by atoms with Gasteiger partial charge in [0, 0.05) is 49.6 Å². The Hall–Kier alpha value is -8.34. The molecule has 3 heterocycles. The van der Waals surface area contributed by atoms with E-state index in [1.54, 1.807) is 0 Å². The van der Waals surface area contributed by atoms with Crippen LogP contribution < -0.4 is 0 Å². The molecule has 4 heteroatoms. The molecule has 0 unspecified atom stereocenters. The highest BCUT2D eigenvalue weighted by molar-refractivity contribution is 6.11. The van der Waals surface area contributed by atoms with Gasteiger partial charge in [-0.3, -0.25) is 0 Å². The van der Waals surface area contributed by atoms with Crippen LogP contribution in [-0.2, 0) is 0 Å². The third-order valence-electron chi connectivity index (χ3n) is 12.1. The van der Waals surface area contributed by atoms with Gasteiger partial charge in [0.1, 0.15) is 0 Å². The zero-order valence-electron chi connectivity index (χ0n) is 33.7. The maximum atomic E-state index is 5.08. The van der Waals surface area contributed by atoms with Crippen molar-refractivity contribution in [3.63, 3.8) is 0 Å². The standard InChI is InChI=1S/C58H38N4/c1-4-15-39(16-5-1)52-38-53(60-58(59-52)41-17-6-2-7-18-41)40-27-31-47(32-28-40)61-55-26-13-11-24-49(55)51-36-44(30-34-56(51)61)42-19-14-20-43(35-42)45-29-33-50-48-23-10-12-25-54(48)62(57(50)37-45)46-21-8-3-9-22-46/h1-38H. The quantitative estimate of drug-likeness (QED) is 0.161. The minimum absolute atomic E-state index is 0.711. The van der Waals surface area contributed by atoms with Crippen LogP contribution in [0.15, 0.2) is 231 Å². The van der Waals surface area contributed by atoms with Crippen molar-refractivity contribution in [2.75, 3.05) is 0 Å². The maximum absolute atomic E-state index is 5.08. The summed E-state index contributed by atoms with van der Waals surface area (Å²) in [4.78, 5) is 10.1. The Bertz CT molecular complexity index is 3550. The first-order valence-electron chi connectivity index (χ1n) is 21.1. The summed E-state index contributed by atoms with van der Waals surface area (Å²) in [5.41, 5.74) is 16.6. The van der Waals surface area contributed by atoms with Gasteiger partial charge in [-0.2, -0.15) is 0 Å². The molecule has 0 saturated heterocycles. The van der Waals surface area contributed by atoms with Gasteiger partial charge in [0.05, 0.1) is 33.5 Å². The highest BCUT2D eigenvalue weighted by Gasteiger charge is 2.17. The fraction of sp³-hybridized carbons (Fsp3) is 0. The minimum atomic E-state index is 0.711. The number of rotatable bonds is 7. The molecule has 12 aromatic rings. The van der Waals surface area contributed by atoms with Crippen molar-refractivity contribution in [3.8, 4) is 67.5 Å². The molecular formula is C58H38N4. The zero-order valence-corrected chi connectivity index (χ0v) is 33.7. The second kappa shape index (κ2) is 14.7. The van der Waals surface area contributed by atoms with Crippen molar-refractivity contribution >= 4 is 43.6 Å². The maximum Gasteiger partial charge on any atom is 0.160 e. The average Bonchev–Trinajstić information content (AvgIpc) is 3.87. The number of hydrogen-bond acceptors (Lipinski definition) is 2. The highest BCUT2D eigenvalue weighted by Crippen LogP contribution is 2.39. The molecule has 0 aliphatic carbocycles. The van der Waals surface area contributed by atoms with Gasteiger partial charge in [-0.15, -0.1) is 0 Å². The predicted octanol–water partition coefficient (Wildman–Crippen LogP) is 15.0. The van der Waals surface area contributed by atoms with Crippen LogP contribution in [0.4, 0.5) is 0 Å². The Labute approximate surface area is 359 Å². The van der Waals surface area contributed by atoms with Crippen LogP contribution >= 0.6 is 0 Å². The van der Waals surface area contributed by atoms with E-state index in [2.05, 4.69) is 203 Å². The number of hydrogen-bond donors (Lipinski definition) is 0. The first kappa shape index (κ1) is 35.6. The molecule has 4 nitrogen and oxygen atoms in total. The van der Waals surface area contributed by atoms with E-state index in [-0.39, 0.29) is 0 Å². The number of aromatic nitrogens is 4. The van der Waals surface area contributed by atoms with Gasteiger partial charge in [-0.25, -0.2) is 9.97 Å². The van der Waals surface area contributed by atoms with Gasteiger partial charge in [-0.05, 0) is 89.0 Å². The van der Waals surface area contributed by atoms with Gasteiger partial charge in [0.25, 0.3) is 0 Å². The highest BCUT2D eigenvalue weighted by atomic mass is 15.0. The summed E-state index contributed by atoms with van der Waals surface area (Å²) in [5, 5.41) is 4.96. The Morgan fingerprint density at radius 3 is 1.35 bits per heavy atom. The second-order valence-corrected chi connectivity index (χ2v) is 15.8. The second-order valence-electron chi connectivity index (χ2n) is 15.8. The van der Waals surface area contributed by atoms with Crippen LogP contribution in [0.25, 0.3) is 111 Å². The number of benzene rings is 9. The largest absolute Gasteiger partial charge is 0.309 e. The van der Waals surface area contributed by atoms with E-state index in [0.717, 1.165) is 45.0 Å². The third-order valence-corrected chi connectivity index (χ3v) is 12.1. The fourth-order valence-electron chi connectivity index (χ4n) is 9.16. The van der Waals surface area contributed by atoms with Crippen LogP contribution in [0.5, 0.6) is 0 Å². The molecule has 0 atom stereocenters. The van der Waals surface area contributed by atoms with Gasteiger partial charge < -0.3 is 9.13 Å². The van der Waals surface area contributed by atoms with Crippen LogP contribution in [-0.4, -0.2) is 19.1 Å². The molecule has 0 amide bonds. The van der Waals surface area contributed by atoms with Crippen LogP contribution in [0, 0.1) is 0 Å². The topological polar surface area (TPSA) is 35.6 Å². The normalized spacial score (nSPS) is 11.5. The molecule has 3 aromatic heterocycles. The van der Waals surface area contributed by atoms with E-state index in [1.165, 1.54) is 60.3 Å². The van der Waals surface area contributed by atoms with Crippen molar-refractivity contribution in [2.45, 2.75) is 0 Å². The summed E-state index contributed by atoms with van der Waals surface area (Å²) in [7, 11) is 0. The van der Waals surface area contributed by atoms with Crippen molar-refractivity contribution in [1.82, 2.24) is 19.1 Å². The summed E-state index contributed by atoms with van der Waals surface area (Å²) >= 11 is 0. The number of nitrogens with zero attached hydrogens (tertiary/aromatic N) is 4. The Morgan fingerprint density at radius 2 is 0.677 bits per heavy atom. The first-order chi connectivity index (χ1) is 30.7. The molecule has 0 N–H and O–H groups in total. The zero-order chi connectivity index (χ0) is 41.0. The van der Waals surface area contributed by atoms with E-state index in [9.17, 15) is 0 Å². The summed E-state index contributed by atoms with van der Waals surface area (Å²) < 4.78 is 4.76. The van der Waals surface area contributed by atoms with Crippen molar-refractivity contribution in [2.24, 2.45) is 0 Å². The van der Waals surface area contributed by atoms with Gasteiger partial charge in [0.15, 0.2) is 5.82 Å². The Balaban J connectivity index is 0.922. The lowest BCUT2D eigenvalue weighted by Crippen LogP contribution is -1.97. The van der Waals surface area contributed by atoms with E-state index in [1.807, 2.05) is 36.4 Å². The van der Waals surface area contributed by atoms with Gasteiger partial charge >= 0.3 is 0 Å². The summed E-state index contributed by atoms with van der Waals surface area (Å²) in [6.45, 7) is 0. The monoisotopic (exact) mass is 790 g/mol. The fourth-order valence-corrected chi connectivity index (χ4v) is 9.16. The molecule has 12 rings (SSSR count). The SMILES string of the molecule is c1ccc(-c2cc(-c3ccc(-n4c5ccccc5c5cc(-c6cccc(-c7ccc8c9ccccc9n(-c9ccccc9)c8c7)c6)ccc54)cc3)nc(-c3ccccc3)n2)cc1. The van der Waals surface area contributed by atoms with E-state index >= 15 is 0 Å².